The van der Waals surface area contributed by atoms with Crippen LogP contribution in [0.1, 0.15) is 60.3 Å². The third-order valence-electron chi connectivity index (χ3n) is 6.52. The van der Waals surface area contributed by atoms with Crippen LogP contribution in [0.15, 0.2) is 0 Å². The topological polar surface area (TPSA) is 41.5 Å². The van der Waals surface area contributed by atoms with Crippen molar-refractivity contribution in [2.45, 2.75) is 78.6 Å². The van der Waals surface area contributed by atoms with Crippen LogP contribution >= 0.6 is 0 Å². The molecule has 0 spiro atoms. The maximum atomic E-state index is 10.1. The fourth-order valence-corrected chi connectivity index (χ4v) is 4.15. The lowest BCUT2D eigenvalue weighted by molar-refractivity contribution is -0.0744. The molecule has 0 saturated heterocycles. The minimum atomic E-state index is -0.394. The summed E-state index contributed by atoms with van der Waals surface area (Å²) in [6.07, 6.45) is 4.82. The minimum Gasteiger partial charge on any atom is -0.389 e. The van der Waals surface area contributed by atoms with E-state index in [0.29, 0.717) is 36.1 Å². The van der Waals surface area contributed by atoms with Crippen molar-refractivity contribution in [1.82, 2.24) is 5.32 Å². The number of aliphatic hydroxyl groups excluding tert-OH is 1. The SMILES string of the molecule is CC[C@H](C)NC[C@@H](O)CO[C@@H]1C[C@@H]2CC[C@]1(C)C2(C)C. The first-order valence-electron chi connectivity index (χ1n) is 8.34. The third kappa shape index (κ3) is 2.77. The summed E-state index contributed by atoms with van der Waals surface area (Å²) in [5, 5.41) is 13.4. The predicted octanol–water partition coefficient (Wildman–Crippen LogP) is 2.97. The lowest BCUT2D eigenvalue weighted by Gasteiger charge is -2.39. The van der Waals surface area contributed by atoms with Crippen molar-refractivity contribution in [3.05, 3.63) is 0 Å². The summed E-state index contributed by atoms with van der Waals surface area (Å²) in [6.45, 7) is 12.6. The molecule has 2 aliphatic carbocycles. The van der Waals surface area contributed by atoms with Gasteiger partial charge in [-0.15, -0.1) is 0 Å². The number of hydrogen-bond acceptors (Lipinski definition) is 3. The van der Waals surface area contributed by atoms with Crippen LogP contribution in [-0.4, -0.2) is 36.5 Å². The third-order valence-corrected chi connectivity index (χ3v) is 6.52. The second-order valence-corrected chi connectivity index (χ2v) is 7.80. The Morgan fingerprint density at radius 3 is 2.55 bits per heavy atom. The maximum absolute atomic E-state index is 10.1. The van der Waals surface area contributed by atoms with Crippen LogP contribution in [0.3, 0.4) is 0 Å². The van der Waals surface area contributed by atoms with E-state index in [4.69, 9.17) is 4.74 Å². The molecule has 0 aromatic rings. The summed E-state index contributed by atoms with van der Waals surface area (Å²) < 4.78 is 6.11. The fraction of sp³-hybridized carbons (Fsp3) is 1.00. The highest BCUT2D eigenvalue weighted by Crippen LogP contribution is 2.66. The van der Waals surface area contributed by atoms with Crippen LogP contribution in [0.2, 0.25) is 0 Å². The molecule has 2 rings (SSSR count). The molecule has 0 amide bonds. The van der Waals surface area contributed by atoms with Gasteiger partial charge in [-0.2, -0.15) is 0 Å². The molecular weight excluding hydrogens is 250 g/mol. The molecule has 0 aliphatic heterocycles. The molecule has 20 heavy (non-hydrogen) atoms. The average Bonchev–Trinajstić information content (AvgIpc) is 2.75. The second-order valence-electron chi connectivity index (χ2n) is 7.80. The van der Waals surface area contributed by atoms with Crippen molar-refractivity contribution >= 4 is 0 Å². The molecule has 2 fully saturated rings. The van der Waals surface area contributed by atoms with Gasteiger partial charge >= 0.3 is 0 Å². The van der Waals surface area contributed by atoms with E-state index >= 15 is 0 Å². The normalized spacial score (nSPS) is 38.1. The molecule has 2 bridgehead atoms. The van der Waals surface area contributed by atoms with Crippen molar-refractivity contribution in [2.24, 2.45) is 16.7 Å². The van der Waals surface area contributed by atoms with Crippen molar-refractivity contribution in [2.75, 3.05) is 13.2 Å². The molecule has 0 radical (unpaired) electrons. The van der Waals surface area contributed by atoms with E-state index in [1.54, 1.807) is 0 Å². The lowest BCUT2D eigenvalue weighted by atomic mass is 9.70. The Hall–Kier alpha value is -0.120. The van der Waals surface area contributed by atoms with Gasteiger partial charge in [0.1, 0.15) is 0 Å². The van der Waals surface area contributed by atoms with Gasteiger partial charge in [-0.25, -0.2) is 0 Å². The van der Waals surface area contributed by atoms with Gasteiger partial charge < -0.3 is 15.2 Å². The number of fused-ring (bicyclic) bond motifs is 2. The van der Waals surface area contributed by atoms with E-state index < -0.39 is 6.10 Å². The van der Waals surface area contributed by atoms with Crippen molar-refractivity contribution in [3.8, 4) is 0 Å². The Morgan fingerprint density at radius 1 is 1.35 bits per heavy atom. The zero-order chi connectivity index (χ0) is 15.0. The second kappa shape index (κ2) is 5.94. The zero-order valence-corrected chi connectivity index (χ0v) is 13.9. The molecule has 0 unspecified atom stereocenters. The largest absolute Gasteiger partial charge is 0.389 e. The Morgan fingerprint density at radius 2 is 2.05 bits per heavy atom. The molecule has 3 nitrogen and oxygen atoms in total. The quantitative estimate of drug-likeness (QED) is 0.755. The molecule has 118 valence electrons. The average molecular weight is 283 g/mol. The van der Waals surface area contributed by atoms with Gasteiger partial charge in [0, 0.05) is 12.6 Å². The molecule has 2 saturated carbocycles. The highest BCUT2D eigenvalue weighted by molar-refractivity contribution is 5.11. The number of hydrogen-bond donors (Lipinski definition) is 2. The van der Waals surface area contributed by atoms with Crippen molar-refractivity contribution in [1.29, 1.82) is 0 Å². The monoisotopic (exact) mass is 283 g/mol. The van der Waals surface area contributed by atoms with E-state index in [-0.39, 0.29) is 0 Å². The smallest absolute Gasteiger partial charge is 0.0897 e. The van der Waals surface area contributed by atoms with Gasteiger partial charge in [0.05, 0.1) is 18.8 Å². The fourth-order valence-electron chi connectivity index (χ4n) is 4.15. The van der Waals surface area contributed by atoms with Gasteiger partial charge in [-0.1, -0.05) is 27.7 Å². The van der Waals surface area contributed by atoms with Crippen LogP contribution in [0, 0.1) is 16.7 Å². The standard InChI is InChI=1S/C17H33NO2/c1-6-12(2)18-10-14(19)11-20-15-9-13-7-8-17(15,5)16(13,3)4/h12-15,18-19H,6-11H2,1-5H3/t12-,13-,14+,15+,17-/m0/s1. The molecule has 5 atom stereocenters. The molecule has 3 heteroatoms. The van der Waals surface area contributed by atoms with Crippen LogP contribution in [0.25, 0.3) is 0 Å². The van der Waals surface area contributed by atoms with Crippen LogP contribution in [0.5, 0.6) is 0 Å². The number of rotatable bonds is 7. The molecular formula is C17H33NO2. The molecule has 2 aliphatic rings. The summed E-state index contributed by atoms with van der Waals surface area (Å²) in [4.78, 5) is 0. The van der Waals surface area contributed by atoms with Crippen LogP contribution in [0.4, 0.5) is 0 Å². The highest BCUT2D eigenvalue weighted by Gasteiger charge is 2.61. The van der Waals surface area contributed by atoms with Crippen LogP contribution < -0.4 is 5.32 Å². The first-order valence-corrected chi connectivity index (χ1v) is 8.34. The van der Waals surface area contributed by atoms with Gasteiger partial charge in [0.2, 0.25) is 0 Å². The summed E-state index contributed by atoms with van der Waals surface area (Å²) in [7, 11) is 0. The van der Waals surface area contributed by atoms with Gasteiger partial charge in [-0.05, 0) is 49.4 Å². The Bertz CT molecular complexity index is 331. The Balaban J connectivity index is 1.78. The predicted molar refractivity (Wildman–Crippen MR) is 82.7 cm³/mol. The summed E-state index contributed by atoms with van der Waals surface area (Å²) in [6, 6.07) is 0.462. The molecule has 0 heterocycles. The van der Waals surface area contributed by atoms with Gasteiger partial charge in [0.15, 0.2) is 0 Å². The van der Waals surface area contributed by atoms with Crippen molar-refractivity contribution < 1.29 is 9.84 Å². The Kier molecular flexibility index (Phi) is 4.83. The first kappa shape index (κ1) is 16.3. The number of ether oxygens (including phenoxy) is 1. The molecule has 2 N–H and O–H groups in total. The van der Waals surface area contributed by atoms with E-state index in [2.05, 4.69) is 39.9 Å². The molecule has 0 aromatic carbocycles. The van der Waals surface area contributed by atoms with Crippen LogP contribution in [-0.2, 0) is 4.74 Å². The minimum absolute atomic E-state index is 0.293. The van der Waals surface area contributed by atoms with E-state index in [1.807, 2.05) is 0 Å². The van der Waals surface area contributed by atoms with E-state index in [0.717, 1.165) is 12.3 Å². The van der Waals surface area contributed by atoms with Gasteiger partial charge in [-0.3, -0.25) is 0 Å². The number of nitrogens with one attached hydrogen (secondary N) is 1. The van der Waals surface area contributed by atoms with E-state index in [1.165, 1.54) is 19.3 Å². The zero-order valence-electron chi connectivity index (χ0n) is 13.9. The summed E-state index contributed by atoms with van der Waals surface area (Å²) in [5.74, 6) is 0.799. The molecule has 0 aromatic heterocycles. The first-order chi connectivity index (χ1) is 9.31. The van der Waals surface area contributed by atoms with Crippen molar-refractivity contribution in [3.63, 3.8) is 0 Å². The van der Waals surface area contributed by atoms with Gasteiger partial charge in [0.25, 0.3) is 0 Å². The maximum Gasteiger partial charge on any atom is 0.0897 e. The summed E-state index contributed by atoms with van der Waals surface area (Å²) >= 11 is 0. The highest BCUT2D eigenvalue weighted by atomic mass is 16.5. The van der Waals surface area contributed by atoms with E-state index in [9.17, 15) is 5.11 Å². The Labute approximate surface area is 124 Å². The lowest BCUT2D eigenvalue weighted by Crippen LogP contribution is -2.40. The summed E-state index contributed by atoms with van der Waals surface area (Å²) in [5.41, 5.74) is 0.680. The number of aliphatic hydroxyl groups is 1.